The molecule has 0 saturated carbocycles. The molecule has 0 bridgehead atoms. The van der Waals surface area contributed by atoms with Crippen molar-refractivity contribution in [2.24, 2.45) is 0 Å². The molecule has 1 fully saturated rings. The zero-order chi connectivity index (χ0) is 18.8. The van der Waals surface area contributed by atoms with Gasteiger partial charge in [0, 0.05) is 19.3 Å². The van der Waals surface area contributed by atoms with E-state index in [4.69, 9.17) is 19.7 Å². The molecule has 5 nitrogen and oxygen atoms in total. The second-order valence-corrected chi connectivity index (χ2v) is 6.09. The highest BCUT2D eigenvalue weighted by atomic mass is 16.7. The molecule has 1 aliphatic rings. The van der Waals surface area contributed by atoms with E-state index in [1.54, 1.807) is 0 Å². The van der Waals surface area contributed by atoms with Gasteiger partial charge in [-0.1, -0.05) is 60.7 Å². The van der Waals surface area contributed by atoms with Gasteiger partial charge in [0.1, 0.15) is 6.10 Å². The molecular formula is C21H28O5. The third-order valence-electron chi connectivity index (χ3n) is 4.43. The molecule has 3 rings (SSSR count). The second kappa shape index (κ2) is 10.4. The van der Waals surface area contributed by atoms with E-state index < -0.39 is 11.9 Å². The molecule has 3 atom stereocenters. The van der Waals surface area contributed by atoms with Gasteiger partial charge in [-0.3, -0.25) is 0 Å². The maximum atomic E-state index is 11.1. The number of hydrogen-bond donors (Lipinski definition) is 3. The number of benzene rings is 2. The Bertz CT molecular complexity index is 619. The predicted octanol–water partition coefficient (Wildman–Crippen LogP) is 2.76. The van der Waals surface area contributed by atoms with Gasteiger partial charge in [0.15, 0.2) is 0 Å². The summed E-state index contributed by atoms with van der Waals surface area (Å²) in [5.74, 6) is -1.22. The molecule has 0 aliphatic carbocycles. The van der Waals surface area contributed by atoms with Crippen molar-refractivity contribution >= 4 is 0 Å². The van der Waals surface area contributed by atoms with Gasteiger partial charge in [0.2, 0.25) is 5.79 Å². The first-order valence-electron chi connectivity index (χ1n) is 8.92. The monoisotopic (exact) mass is 360 g/mol. The lowest BCUT2D eigenvalue weighted by Crippen LogP contribution is -2.47. The largest absolute Gasteiger partial charge is 0.400 e. The van der Waals surface area contributed by atoms with Crippen LogP contribution in [-0.4, -0.2) is 41.7 Å². The van der Waals surface area contributed by atoms with Crippen LogP contribution in [0.4, 0.5) is 0 Å². The van der Waals surface area contributed by atoms with Crippen LogP contribution in [0.5, 0.6) is 0 Å². The van der Waals surface area contributed by atoms with Gasteiger partial charge < -0.3 is 24.8 Å². The van der Waals surface area contributed by atoms with Crippen LogP contribution in [0.25, 0.3) is 0 Å². The molecule has 5 heteroatoms. The summed E-state index contributed by atoms with van der Waals surface area (Å²) in [5.41, 5.74) is 1.55. The van der Waals surface area contributed by atoms with Crippen LogP contribution < -0.4 is 0 Å². The molecule has 2 aromatic carbocycles. The normalized spacial score (nSPS) is 23.6. The number of ether oxygens (including phenoxy) is 2. The lowest BCUT2D eigenvalue weighted by atomic mass is 9.92. The topological polar surface area (TPSA) is 79.2 Å². The molecular weight excluding hydrogens is 332 g/mol. The van der Waals surface area contributed by atoms with Crippen molar-refractivity contribution in [3.63, 3.8) is 0 Å². The molecule has 1 aliphatic heterocycles. The molecule has 0 radical (unpaired) electrons. The number of hydrogen-bond acceptors (Lipinski definition) is 5. The summed E-state index contributed by atoms with van der Waals surface area (Å²) in [6.45, 7) is 0.648. The molecule has 2 aromatic rings. The van der Waals surface area contributed by atoms with Gasteiger partial charge in [-0.15, -0.1) is 0 Å². The Morgan fingerprint density at radius 3 is 2.27 bits per heavy atom. The van der Waals surface area contributed by atoms with Crippen molar-refractivity contribution in [1.82, 2.24) is 0 Å². The summed E-state index contributed by atoms with van der Waals surface area (Å²) >= 11 is 0. The van der Waals surface area contributed by atoms with Crippen molar-refractivity contribution < 1.29 is 24.8 Å². The number of aliphatic hydroxyl groups excluding tert-OH is 3. The Labute approximate surface area is 154 Å². The van der Waals surface area contributed by atoms with Gasteiger partial charge in [-0.05, 0) is 24.8 Å². The van der Waals surface area contributed by atoms with Gasteiger partial charge in [-0.25, -0.2) is 0 Å². The SMILES string of the molecule is CO.OCCCC1CCOC(c2ccccc2)(C(O)c2ccccc2)O1. The third-order valence-corrected chi connectivity index (χ3v) is 4.43. The quantitative estimate of drug-likeness (QED) is 0.738. The van der Waals surface area contributed by atoms with Crippen LogP contribution in [0.3, 0.4) is 0 Å². The zero-order valence-corrected chi connectivity index (χ0v) is 15.1. The van der Waals surface area contributed by atoms with E-state index in [0.717, 1.165) is 31.1 Å². The average Bonchev–Trinajstić information content (AvgIpc) is 2.74. The third kappa shape index (κ3) is 4.69. The minimum absolute atomic E-state index is 0.0514. The van der Waals surface area contributed by atoms with Crippen molar-refractivity contribution in [3.05, 3.63) is 71.8 Å². The minimum atomic E-state index is -1.22. The fourth-order valence-electron chi connectivity index (χ4n) is 3.18. The highest BCUT2D eigenvalue weighted by Gasteiger charge is 2.47. The van der Waals surface area contributed by atoms with Gasteiger partial charge in [0.25, 0.3) is 0 Å². The Balaban J connectivity index is 0.00000117. The highest BCUT2D eigenvalue weighted by molar-refractivity contribution is 5.28. The Morgan fingerprint density at radius 2 is 1.65 bits per heavy atom. The van der Waals surface area contributed by atoms with Crippen molar-refractivity contribution in [1.29, 1.82) is 0 Å². The summed E-state index contributed by atoms with van der Waals surface area (Å²) in [6, 6.07) is 19.0. The molecule has 1 saturated heterocycles. The average molecular weight is 360 g/mol. The fourth-order valence-corrected chi connectivity index (χ4v) is 3.18. The van der Waals surface area contributed by atoms with Crippen molar-refractivity contribution in [3.8, 4) is 0 Å². The molecule has 26 heavy (non-hydrogen) atoms. The minimum Gasteiger partial charge on any atom is -0.400 e. The first kappa shape index (κ1) is 20.6. The van der Waals surface area contributed by atoms with Crippen LogP contribution >= 0.6 is 0 Å². The Kier molecular flexibility index (Phi) is 8.22. The van der Waals surface area contributed by atoms with E-state index in [1.165, 1.54) is 0 Å². The summed E-state index contributed by atoms with van der Waals surface area (Å²) in [5, 5.41) is 27.2. The molecule has 3 unspecified atom stereocenters. The maximum absolute atomic E-state index is 11.1. The fraction of sp³-hybridized carbons (Fsp3) is 0.429. The first-order chi connectivity index (χ1) is 12.8. The lowest BCUT2D eigenvalue weighted by molar-refractivity contribution is -0.343. The van der Waals surface area contributed by atoms with E-state index in [2.05, 4.69) is 0 Å². The van der Waals surface area contributed by atoms with E-state index >= 15 is 0 Å². The predicted molar refractivity (Wildman–Crippen MR) is 99.4 cm³/mol. The smallest absolute Gasteiger partial charge is 0.226 e. The summed E-state index contributed by atoms with van der Waals surface area (Å²) in [4.78, 5) is 0. The van der Waals surface area contributed by atoms with Gasteiger partial charge in [0.05, 0.1) is 12.7 Å². The first-order valence-corrected chi connectivity index (χ1v) is 8.92. The lowest BCUT2D eigenvalue weighted by Gasteiger charge is -2.44. The second-order valence-electron chi connectivity index (χ2n) is 6.09. The van der Waals surface area contributed by atoms with Crippen molar-refractivity contribution in [2.45, 2.75) is 37.3 Å². The van der Waals surface area contributed by atoms with Crippen LogP contribution in [0, 0.1) is 0 Å². The molecule has 3 N–H and O–H groups in total. The van der Waals surface area contributed by atoms with E-state index in [9.17, 15) is 5.11 Å². The zero-order valence-electron chi connectivity index (χ0n) is 15.1. The van der Waals surface area contributed by atoms with Gasteiger partial charge in [-0.2, -0.15) is 0 Å². The molecule has 0 spiro atoms. The standard InChI is InChI=1S/C20H24O4.CH4O/c21-14-7-12-18-13-15-23-20(24-18,17-10-5-2-6-11-17)19(22)16-8-3-1-4-9-16;1-2/h1-6,8-11,18-19,21-22H,7,12-15H2;2H,1H3. The van der Waals surface area contributed by atoms with Crippen LogP contribution in [0.2, 0.25) is 0 Å². The van der Waals surface area contributed by atoms with Crippen LogP contribution in [-0.2, 0) is 15.3 Å². The molecule has 0 amide bonds. The maximum Gasteiger partial charge on any atom is 0.226 e. The summed E-state index contributed by atoms with van der Waals surface area (Å²) in [6.07, 6.45) is 1.20. The number of aliphatic hydroxyl groups is 3. The summed E-state index contributed by atoms with van der Waals surface area (Å²) < 4.78 is 12.3. The van der Waals surface area contributed by atoms with Gasteiger partial charge >= 0.3 is 0 Å². The Hall–Kier alpha value is -1.76. The molecule has 0 aromatic heterocycles. The van der Waals surface area contributed by atoms with E-state index in [-0.39, 0.29) is 12.7 Å². The number of rotatable bonds is 6. The highest BCUT2D eigenvalue weighted by Crippen LogP contribution is 2.44. The van der Waals surface area contributed by atoms with E-state index in [0.29, 0.717) is 13.0 Å². The van der Waals surface area contributed by atoms with Crippen molar-refractivity contribution in [2.75, 3.05) is 20.3 Å². The molecule has 1 heterocycles. The van der Waals surface area contributed by atoms with Crippen LogP contribution in [0.15, 0.2) is 60.7 Å². The molecule has 142 valence electrons. The summed E-state index contributed by atoms with van der Waals surface area (Å²) in [7, 11) is 1.00. The van der Waals surface area contributed by atoms with E-state index in [1.807, 2.05) is 60.7 Å². The van der Waals surface area contributed by atoms with Crippen LogP contribution in [0.1, 0.15) is 36.5 Å². The Morgan fingerprint density at radius 1 is 1.04 bits per heavy atom.